The molecular weight excluding hydrogens is 569 g/mol. The number of halogens is 4. The number of benzene rings is 3. The van der Waals surface area contributed by atoms with Crippen molar-refractivity contribution in [3.8, 4) is 11.8 Å². The van der Waals surface area contributed by atoms with E-state index in [1.807, 2.05) is 6.07 Å². The largest absolute Gasteiger partial charge is 0.417 e. The van der Waals surface area contributed by atoms with Gasteiger partial charge in [0.05, 0.1) is 34.7 Å². The van der Waals surface area contributed by atoms with Gasteiger partial charge in [0.25, 0.3) is 11.8 Å². The van der Waals surface area contributed by atoms with Crippen molar-refractivity contribution in [2.24, 2.45) is 5.10 Å². The number of hydrazone groups is 1. The zero-order chi connectivity index (χ0) is 30.1. The second-order valence-corrected chi connectivity index (χ2v) is 9.93. The van der Waals surface area contributed by atoms with E-state index >= 15 is 0 Å². The SMILES string of the molecule is O=C(Nc1ccc(N2CCCCC2)cc1C(=O)N/N=C/c1ccc(Cl)c(C(F)(F)F)c1)c1cccc(C#CCCO)c1. The third kappa shape index (κ3) is 8.12. The van der Waals surface area contributed by atoms with Crippen molar-refractivity contribution in [3.05, 3.63) is 93.5 Å². The maximum absolute atomic E-state index is 13.3. The molecule has 3 aromatic rings. The quantitative estimate of drug-likeness (QED) is 0.175. The predicted molar refractivity (Wildman–Crippen MR) is 157 cm³/mol. The Hall–Kier alpha value is -4.33. The molecular formula is C31H28ClF3N4O3. The van der Waals surface area contributed by atoms with E-state index in [0.717, 1.165) is 56.4 Å². The summed E-state index contributed by atoms with van der Waals surface area (Å²) in [4.78, 5) is 28.5. The fourth-order valence-corrected chi connectivity index (χ4v) is 4.62. The van der Waals surface area contributed by atoms with Gasteiger partial charge in [0, 0.05) is 36.3 Å². The van der Waals surface area contributed by atoms with Crippen molar-refractivity contribution >= 4 is 41.0 Å². The van der Waals surface area contributed by atoms with Gasteiger partial charge in [-0.3, -0.25) is 9.59 Å². The van der Waals surface area contributed by atoms with Gasteiger partial charge in [-0.15, -0.1) is 0 Å². The molecule has 1 aliphatic heterocycles. The van der Waals surface area contributed by atoms with E-state index in [4.69, 9.17) is 16.7 Å². The molecule has 0 aliphatic carbocycles. The molecule has 1 saturated heterocycles. The number of anilines is 2. The summed E-state index contributed by atoms with van der Waals surface area (Å²) in [5, 5.41) is 15.1. The Labute approximate surface area is 246 Å². The zero-order valence-corrected chi connectivity index (χ0v) is 23.2. The zero-order valence-electron chi connectivity index (χ0n) is 22.5. The average Bonchev–Trinajstić information content (AvgIpc) is 2.98. The van der Waals surface area contributed by atoms with Crippen LogP contribution >= 0.6 is 11.6 Å². The average molecular weight is 597 g/mol. The van der Waals surface area contributed by atoms with Crippen LogP contribution in [0.15, 0.2) is 65.8 Å². The number of aliphatic hydroxyl groups excluding tert-OH is 1. The van der Waals surface area contributed by atoms with Gasteiger partial charge >= 0.3 is 6.18 Å². The van der Waals surface area contributed by atoms with Crippen LogP contribution in [0.1, 0.15) is 63.1 Å². The minimum atomic E-state index is -4.64. The molecule has 0 saturated carbocycles. The minimum Gasteiger partial charge on any atom is -0.395 e. The Morgan fingerprint density at radius 2 is 1.81 bits per heavy atom. The summed E-state index contributed by atoms with van der Waals surface area (Å²) in [7, 11) is 0. The Kier molecular flexibility index (Phi) is 10.2. The van der Waals surface area contributed by atoms with Crippen molar-refractivity contribution < 1.29 is 27.9 Å². The first-order valence-electron chi connectivity index (χ1n) is 13.3. The molecule has 7 nitrogen and oxygen atoms in total. The molecule has 2 amide bonds. The maximum atomic E-state index is 13.3. The number of carbonyl (C=O) groups is 2. The third-order valence-corrected chi connectivity index (χ3v) is 6.82. The molecule has 0 radical (unpaired) electrons. The summed E-state index contributed by atoms with van der Waals surface area (Å²) in [6.07, 6.45) is -0.0951. The van der Waals surface area contributed by atoms with E-state index < -0.39 is 28.6 Å². The second kappa shape index (κ2) is 14.0. The fraction of sp³-hybridized carbons (Fsp3) is 0.258. The first-order valence-corrected chi connectivity index (χ1v) is 13.6. The van der Waals surface area contributed by atoms with Crippen molar-refractivity contribution in [2.45, 2.75) is 31.9 Å². The van der Waals surface area contributed by atoms with Crippen LogP contribution in [0.3, 0.4) is 0 Å². The van der Waals surface area contributed by atoms with Gasteiger partial charge in [-0.05, 0) is 73.4 Å². The smallest absolute Gasteiger partial charge is 0.395 e. The summed E-state index contributed by atoms with van der Waals surface area (Å²) >= 11 is 5.68. The van der Waals surface area contributed by atoms with E-state index in [-0.39, 0.29) is 23.4 Å². The number of piperidine rings is 1. The molecule has 1 heterocycles. The van der Waals surface area contributed by atoms with E-state index in [0.29, 0.717) is 17.5 Å². The third-order valence-electron chi connectivity index (χ3n) is 6.49. The number of carbonyl (C=O) groups excluding carboxylic acids is 2. The number of aliphatic hydroxyl groups is 1. The second-order valence-electron chi connectivity index (χ2n) is 9.52. The predicted octanol–water partition coefficient (Wildman–Crippen LogP) is 6.10. The lowest BCUT2D eigenvalue weighted by Crippen LogP contribution is -2.30. The van der Waals surface area contributed by atoms with Crippen molar-refractivity contribution in [3.63, 3.8) is 0 Å². The Morgan fingerprint density at radius 1 is 1.02 bits per heavy atom. The number of alkyl halides is 3. The number of hydrogen-bond acceptors (Lipinski definition) is 5. The van der Waals surface area contributed by atoms with Crippen LogP contribution in [-0.4, -0.2) is 42.8 Å². The van der Waals surface area contributed by atoms with Crippen LogP contribution in [0.2, 0.25) is 5.02 Å². The molecule has 0 unspecified atom stereocenters. The minimum absolute atomic E-state index is 0.0657. The number of nitrogens with zero attached hydrogens (tertiary/aromatic N) is 2. The Bertz CT molecular complexity index is 1540. The summed E-state index contributed by atoms with van der Waals surface area (Å²) in [5.41, 5.74) is 3.51. The highest BCUT2D eigenvalue weighted by molar-refractivity contribution is 6.31. The molecule has 1 fully saturated rings. The molecule has 0 atom stereocenters. The summed E-state index contributed by atoms with van der Waals surface area (Å²) in [6.45, 7) is 1.59. The van der Waals surface area contributed by atoms with Crippen molar-refractivity contribution in [1.82, 2.24) is 5.43 Å². The van der Waals surface area contributed by atoms with Gasteiger partial charge < -0.3 is 15.3 Å². The highest BCUT2D eigenvalue weighted by Gasteiger charge is 2.33. The van der Waals surface area contributed by atoms with Crippen LogP contribution < -0.4 is 15.6 Å². The van der Waals surface area contributed by atoms with Gasteiger partial charge in [-0.2, -0.15) is 18.3 Å². The lowest BCUT2D eigenvalue weighted by Gasteiger charge is -2.29. The number of hydrogen-bond donors (Lipinski definition) is 3. The maximum Gasteiger partial charge on any atom is 0.417 e. The Balaban J connectivity index is 1.58. The molecule has 0 aromatic heterocycles. The fourth-order valence-electron chi connectivity index (χ4n) is 4.40. The highest BCUT2D eigenvalue weighted by Crippen LogP contribution is 2.35. The van der Waals surface area contributed by atoms with Crippen LogP contribution in [0, 0.1) is 11.8 Å². The topological polar surface area (TPSA) is 94.0 Å². The van der Waals surface area contributed by atoms with Gasteiger partial charge in [0.2, 0.25) is 0 Å². The first-order chi connectivity index (χ1) is 20.2. The van der Waals surface area contributed by atoms with Gasteiger partial charge in [-0.25, -0.2) is 5.43 Å². The van der Waals surface area contributed by atoms with Crippen molar-refractivity contribution in [2.75, 3.05) is 29.9 Å². The molecule has 3 aromatic carbocycles. The molecule has 0 spiro atoms. The van der Waals surface area contributed by atoms with E-state index in [1.165, 1.54) is 6.07 Å². The van der Waals surface area contributed by atoms with Crippen molar-refractivity contribution in [1.29, 1.82) is 0 Å². The Morgan fingerprint density at radius 3 is 2.55 bits per heavy atom. The standard InChI is InChI=1S/C31H28ClF3N4O3/c32-27-12-10-22(18-26(27)31(33,34)35)20-36-38-30(42)25-19-24(39-14-3-1-4-15-39)11-13-28(25)37-29(41)23-9-6-8-21(17-23)7-2-5-16-40/h6,8-13,17-20,40H,1,3-5,14-16H2,(H,37,41)(H,38,42)/b36-20+. The van der Waals surface area contributed by atoms with Crippen LogP contribution in [0.5, 0.6) is 0 Å². The molecule has 42 heavy (non-hydrogen) atoms. The summed E-state index contributed by atoms with van der Waals surface area (Å²) < 4.78 is 39.6. The molecule has 1 aliphatic rings. The monoisotopic (exact) mass is 596 g/mol. The van der Waals surface area contributed by atoms with Crippen LogP contribution in [0.4, 0.5) is 24.5 Å². The normalized spacial score (nSPS) is 13.4. The van der Waals surface area contributed by atoms with E-state index in [1.54, 1.807) is 36.4 Å². The van der Waals surface area contributed by atoms with Crippen LogP contribution in [-0.2, 0) is 6.18 Å². The highest BCUT2D eigenvalue weighted by atomic mass is 35.5. The first kappa shape index (κ1) is 30.6. The van der Waals surface area contributed by atoms with Gasteiger partial charge in [0.15, 0.2) is 0 Å². The molecule has 3 N–H and O–H groups in total. The molecule has 218 valence electrons. The van der Waals surface area contributed by atoms with Gasteiger partial charge in [-0.1, -0.05) is 35.6 Å². The summed E-state index contributed by atoms with van der Waals surface area (Å²) in [5.74, 6) is 4.57. The van der Waals surface area contributed by atoms with E-state index in [2.05, 4.69) is 32.6 Å². The number of amides is 2. The lowest BCUT2D eigenvalue weighted by molar-refractivity contribution is -0.137. The van der Waals surface area contributed by atoms with Gasteiger partial charge in [0.1, 0.15) is 0 Å². The molecule has 0 bridgehead atoms. The number of rotatable bonds is 7. The van der Waals surface area contributed by atoms with Crippen LogP contribution in [0.25, 0.3) is 0 Å². The lowest BCUT2D eigenvalue weighted by atomic mass is 10.1. The molecule has 4 rings (SSSR count). The van der Waals surface area contributed by atoms with E-state index in [9.17, 15) is 22.8 Å². The summed E-state index contributed by atoms with van der Waals surface area (Å²) in [6, 6.07) is 15.0. The molecule has 11 heteroatoms. The number of nitrogens with one attached hydrogen (secondary N) is 2.